The smallest absolute Gasteiger partial charge is 0.326 e. The van der Waals surface area contributed by atoms with Crippen molar-refractivity contribution in [3.8, 4) is 0 Å². The Morgan fingerprint density at radius 2 is 2.00 bits per heavy atom. The third kappa shape index (κ3) is 5.40. The minimum Gasteiger partial charge on any atom is -0.480 e. The predicted octanol–water partition coefficient (Wildman–Crippen LogP) is 2.50. The summed E-state index contributed by atoms with van der Waals surface area (Å²) in [6, 6.07) is 5.96. The number of carboxylic acids is 1. The lowest BCUT2D eigenvalue weighted by molar-refractivity contribution is -0.141. The molecule has 19 heavy (non-hydrogen) atoms. The second-order valence-corrected chi connectivity index (χ2v) is 4.25. The van der Waals surface area contributed by atoms with Gasteiger partial charge in [-0.2, -0.15) is 0 Å². The monoisotopic (exact) mass is 279 g/mol. The molecule has 0 spiro atoms. The quantitative estimate of drug-likeness (QED) is 0.621. The molecule has 0 bridgehead atoms. The summed E-state index contributed by atoms with van der Waals surface area (Å²) in [4.78, 5) is 22.4. The van der Waals surface area contributed by atoms with Crippen LogP contribution < -0.4 is 5.32 Å². The van der Waals surface area contributed by atoms with E-state index in [1.54, 1.807) is 30.3 Å². The Hall–Kier alpha value is -2.07. The molecule has 0 aliphatic carbocycles. The van der Waals surface area contributed by atoms with Crippen LogP contribution in [0.15, 0.2) is 43.0 Å². The Labute approximate surface area is 116 Å². The summed E-state index contributed by atoms with van der Waals surface area (Å²) < 4.78 is 0. The third-order valence-corrected chi connectivity index (χ3v) is 2.57. The SMILES string of the molecule is C=CCC(NC(=O)/C=C/c1ccc(Cl)cc1)C(=O)O. The molecule has 0 fully saturated rings. The summed E-state index contributed by atoms with van der Waals surface area (Å²) >= 11 is 5.73. The Kier molecular flexibility index (Phi) is 5.82. The van der Waals surface area contributed by atoms with Crippen molar-refractivity contribution in [2.24, 2.45) is 0 Å². The molecule has 5 heteroatoms. The van der Waals surface area contributed by atoms with Crippen LogP contribution in [-0.4, -0.2) is 23.0 Å². The van der Waals surface area contributed by atoms with Crippen LogP contribution in [-0.2, 0) is 9.59 Å². The van der Waals surface area contributed by atoms with E-state index in [0.29, 0.717) is 5.02 Å². The maximum atomic E-state index is 11.6. The van der Waals surface area contributed by atoms with Gasteiger partial charge in [0, 0.05) is 11.1 Å². The third-order valence-electron chi connectivity index (χ3n) is 2.31. The second-order valence-electron chi connectivity index (χ2n) is 3.81. The van der Waals surface area contributed by atoms with Crippen LogP contribution in [0.5, 0.6) is 0 Å². The molecule has 1 aromatic carbocycles. The standard InChI is InChI=1S/C14H14ClNO3/c1-2-3-12(14(18)19)16-13(17)9-6-10-4-7-11(15)8-5-10/h2,4-9,12H,1,3H2,(H,16,17)(H,18,19)/b9-6+. The highest BCUT2D eigenvalue weighted by Crippen LogP contribution is 2.10. The van der Waals surface area contributed by atoms with Gasteiger partial charge in [-0.05, 0) is 30.2 Å². The van der Waals surface area contributed by atoms with Gasteiger partial charge in [-0.3, -0.25) is 4.79 Å². The number of halogens is 1. The Morgan fingerprint density at radius 1 is 1.37 bits per heavy atom. The fraction of sp³-hybridized carbons (Fsp3) is 0.143. The molecule has 0 aromatic heterocycles. The van der Waals surface area contributed by atoms with Gasteiger partial charge in [0.25, 0.3) is 0 Å². The molecule has 2 N–H and O–H groups in total. The van der Waals surface area contributed by atoms with Crippen molar-refractivity contribution in [3.05, 3.63) is 53.6 Å². The zero-order valence-electron chi connectivity index (χ0n) is 10.2. The summed E-state index contributed by atoms with van der Waals surface area (Å²) in [6.07, 6.45) is 4.48. The molecule has 0 aliphatic rings. The Morgan fingerprint density at radius 3 is 2.53 bits per heavy atom. The first kappa shape index (κ1) is 15.0. The zero-order valence-corrected chi connectivity index (χ0v) is 10.9. The summed E-state index contributed by atoms with van der Waals surface area (Å²) in [6.45, 7) is 3.45. The lowest BCUT2D eigenvalue weighted by Gasteiger charge is -2.10. The summed E-state index contributed by atoms with van der Waals surface area (Å²) in [5.41, 5.74) is 0.801. The van der Waals surface area contributed by atoms with Gasteiger partial charge in [-0.15, -0.1) is 6.58 Å². The number of carbonyl (C=O) groups excluding carboxylic acids is 1. The van der Waals surface area contributed by atoms with E-state index in [-0.39, 0.29) is 6.42 Å². The number of benzene rings is 1. The first-order valence-corrected chi connectivity index (χ1v) is 5.98. The highest BCUT2D eigenvalue weighted by atomic mass is 35.5. The number of hydrogen-bond acceptors (Lipinski definition) is 2. The van der Waals surface area contributed by atoms with Crippen LogP contribution in [0.2, 0.25) is 5.02 Å². The van der Waals surface area contributed by atoms with Crippen LogP contribution in [0.25, 0.3) is 6.08 Å². The first-order valence-electron chi connectivity index (χ1n) is 5.60. The van der Waals surface area contributed by atoms with E-state index in [2.05, 4.69) is 11.9 Å². The molecular formula is C14H14ClNO3. The maximum absolute atomic E-state index is 11.6. The van der Waals surface area contributed by atoms with Crippen molar-refractivity contribution in [2.45, 2.75) is 12.5 Å². The molecule has 1 amide bonds. The summed E-state index contributed by atoms with van der Waals surface area (Å²) in [7, 11) is 0. The zero-order chi connectivity index (χ0) is 14.3. The van der Waals surface area contributed by atoms with Crippen molar-refractivity contribution in [1.29, 1.82) is 0 Å². The van der Waals surface area contributed by atoms with E-state index in [1.165, 1.54) is 12.2 Å². The minimum absolute atomic E-state index is 0.176. The van der Waals surface area contributed by atoms with Gasteiger partial charge in [0.05, 0.1) is 0 Å². The highest BCUT2D eigenvalue weighted by Gasteiger charge is 2.16. The van der Waals surface area contributed by atoms with Crippen LogP contribution in [0.1, 0.15) is 12.0 Å². The average molecular weight is 280 g/mol. The number of rotatable bonds is 6. The van der Waals surface area contributed by atoms with Gasteiger partial charge in [0.2, 0.25) is 5.91 Å². The van der Waals surface area contributed by atoms with Crippen molar-refractivity contribution >= 4 is 29.6 Å². The first-order chi connectivity index (χ1) is 9.02. The number of nitrogens with one attached hydrogen (secondary N) is 1. The fourth-order valence-electron chi connectivity index (χ4n) is 1.35. The van der Waals surface area contributed by atoms with Gasteiger partial charge in [-0.25, -0.2) is 4.79 Å². The lowest BCUT2D eigenvalue weighted by atomic mass is 10.2. The molecule has 0 saturated heterocycles. The van der Waals surface area contributed by atoms with E-state index >= 15 is 0 Å². The molecule has 0 saturated carbocycles. The normalized spacial score (nSPS) is 12.1. The number of carboxylic acid groups (broad SMARTS) is 1. The summed E-state index contributed by atoms with van der Waals surface area (Å²) in [5.74, 6) is -1.56. The molecular weight excluding hydrogens is 266 g/mol. The predicted molar refractivity (Wildman–Crippen MR) is 74.9 cm³/mol. The minimum atomic E-state index is -1.09. The number of carbonyl (C=O) groups is 2. The fourth-order valence-corrected chi connectivity index (χ4v) is 1.48. The second kappa shape index (κ2) is 7.38. The molecule has 0 heterocycles. The molecule has 1 atom stereocenters. The molecule has 1 unspecified atom stereocenters. The lowest BCUT2D eigenvalue weighted by Crippen LogP contribution is -2.39. The number of aliphatic carboxylic acids is 1. The van der Waals surface area contributed by atoms with Crippen LogP contribution in [0.4, 0.5) is 0 Å². The topological polar surface area (TPSA) is 66.4 Å². The average Bonchev–Trinajstić information content (AvgIpc) is 2.37. The molecule has 1 rings (SSSR count). The van der Waals surface area contributed by atoms with E-state index in [9.17, 15) is 9.59 Å². The van der Waals surface area contributed by atoms with Gasteiger partial charge in [0.1, 0.15) is 6.04 Å². The van der Waals surface area contributed by atoms with Crippen molar-refractivity contribution < 1.29 is 14.7 Å². The molecule has 4 nitrogen and oxygen atoms in total. The Balaban J connectivity index is 2.61. The van der Waals surface area contributed by atoms with Gasteiger partial charge in [-0.1, -0.05) is 29.8 Å². The van der Waals surface area contributed by atoms with Crippen LogP contribution in [0, 0.1) is 0 Å². The van der Waals surface area contributed by atoms with E-state index in [4.69, 9.17) is 16.7 Å². The van der Waals surface area contributed by atoms with Crippen LogP contribution >= 0.6 is 11.6 Å². The van der Waals surface area contributed by atoms with Crippen molar-refractivity contribution in [3.63, 3.8) is 0 Å². The highest BCUT2D eigenvalue weighted by molar-refractivity contribution is 6.30. The van der Waals surface area contributed by atoms with Crippen molar-refractivity contribution in [1.82, 2.24) is 5.32 Å². The largest absolute Gasteiger partial charge is 0.480 e. The van der Waals surface area contributed by atoms with Gasteiger partial charge in [0.15, 0.2) is 0 Å². The van der Waals surface area contributed by atoms with Crippen LogP contribution in [0.3, 0.4) is 0 Å². The van der Waals surface area contributed by atoms with E-state index in [1.807, 2.05) is 0 Å². The Bertz CT molecular complexity index is 494. The number of amides is 1. The summed E-state index contributed by atoms with van der Waals surface area (Å²) in [5, 5.41) is 11.9. The maximum Gasteiger partial charge on any atom is 0.326 e. The van der Waals surface area contributed by atoms with Gasteiger partial charge >= 0.3 is 5.97 Å². The molecule has 0 radical (unpaired) electrons. The molecule has 0 aliphatic heterocycles. The van der Waals surface area contributed by atoms with E-state index in [0.717, 1.165) is 5.56 Å². The molecule has 100 valence electrons. The number of hydrogen-bond donors (Lipinski definition) is 2. The van der Waals surface area contributed by atoms with E-state index < -0.39 is 17.9 Å². The van der Waals surface area contributed by atoms with Crippen molar-refractivity contribution in [2.75, 3.05) is 0 Å². The molecule has 1 aromatic rings. The van der Waals surface area contributed by atoms with Gasteiger partial charge < -0.3 is 10.4 Å².